The van der Waals surface area contributed by atoms with E-state index in [9.17, 15) is 9.90 Å². The van der Waals surface area contributed by atoms with Gasteiger partial charge in [-0.1, -0.05) is 17.7 Å². The first kappa shape index (κ1) is 19.6. The van der Waals surface area contributed by atoms with Crippen molar-refractivity contribution in [1.29, 1.82) is 5.26 Å². The second kappa shape index (κ2) is 7.84. The van der Waals surface area contributed by atoms with Crippen molar-refractivity contribution in [3.63, 3.8) is 0 Å². The van der Waals surface area contributed by atoms with Crippen molar-refractivity contribution >= 4 is 17.5 Å². The number of nitrogens with two attached hydrogens (primary N) is 1. The van der Waals surface area contributed by atoms with Gasteiger partial charge in [0, 0.05) is 11.8 Å². The molecule has 8 nitrogen and oxygen atoms in total. The quantitative estimate of drug-likeness (QED) is 0.660. The third-order valence-electron chi connectivity index (χ3n) is 4.33. The topological polar surface area (TPSA) is 123 Å². The SMILES string of the molecule is CC(Cn1ccc(-c2ccc(C#N)c(Cl)c2)n1)n1nc([C@H](C)O)cc1C(N)=O. The number of aromatic nitrogens is 4. The average Bonchev–Trinajstić information content (AvgIpc) is 3.29. The second-order valence-electron chi connectivity index (χ2n) is 6.52. The lowest BCUT2D eigenvalue weighted by molar-refractivity contribution is 0.0987. The number of primary amides is 1. The van der Waals surface area contributed by atoms with Gasteiger partial charge < -0.3 is 10.8 Å². The van der Waals surface area contributed by atoms with Gasteiger partial charge in [0.1, 0.15) is 11.8 Å². The Morgan fingerprint density at radius 1 is 1.32 bits per heavy atom. The first-order valence-electron chi connectivity index (χ1n) is 8.61. The van der Waals surface area contributed by atoms with Crippen molar-refractivity contribution in [2.75, 3.05) is 0 Å². The van der Waals surface area contributed by atoms with Crippen LogP contribution in [0.15, 0.2) is 36.5 Å². The molecule has 144 valence electrons. The summed E-state index contributed by atoms with van der Waals surface area (Å²) in [7, 11) is 0. The maximum absolute atomic E-state index is 11.7. The van der Waals surface area contributed by atoms with Crippen molar-refractivity contribution in [2.24, 2.45) is 5.73 Å². The van der Waals surface area contributed by atoms with Gasteiger partial charge in [0.15, 0.2) is 0 Å². The molecule has 0 spiro atoms. The van der Waals surface area contributed by atoms with Gasteiger partial charge in [0.2, 0.25) is 0 Å². The Hall–Kier alpha value is -3.15. The predicted molar refractivity (Wildman–Crippen MR) is 103 cm³/mol. The van der Waals surface area contributed by atoms with E-state index in [1.807, 2.05) is 19.1 Å². The summed E-state index contributed by atoms with van der Waals surface area (Å²) in [6.45, 7) is 3.89. The molecule has 1 amide bonds. The third-order valence-corrected chi connectivity index (χ3v) is 4.64. The minimum absolute atomic E-state index is 0.229. The fraction of sp³-hybridized carbons (Fsp3) is 0.263. The molecule has 2 atom stereocenters. The van der Waals surface area contributed by atoms with Crippen LogP contribution in [0.5, 0.6) is 0 Å². The zero-order valence-electron chi connectivity index (χ0n) is 15.4. The number of hydrogen-bond acceptors (Lipinski definition) is 5. The molecule has 0 aliphatic carbocycles. The zero-order chi connectivity index (χ0) is 20.4. The van der Waals surface area contributed by atoms with Crippen LogP contribution in [-0.4, -0.2) is 30.6 Å². The van der Waals surface area contributed by atoms with E-state index in [4.69, 9.17) is 22.6 Å². The minimum atomic E-state index is -0.802. The summed E-state index contributed by atoms with van der Waals surface area (Å²) in [6, 6.07) is 10.3. The van der Waals surface area contributed by atoms with Crippen LogP contribution in [0, 0.1) is 11.3 Å². The van der Waals surface area contributed by atoms with Crippen LogP contribution >= 0.6 is 11.6 Å². The molecule has 3 rings (SSSR count). The highest BCUT2D eigenvalue weighted by Crippen LogP contribution is 2.24. The molecular weight excluding hydrogens is 380 g/mol. The maximum atomic E-state index is 11.7. The van der Waals surface area contributed by atoms with Crippen LogP contribution in [0.4, 0.5) is 0 Å². The van der Waals surface area contributed by atoms with Gasteiger partial charge in [-0.15, -0.1) is 0 Å². The highest BCUT2D eigenvalue weighted by atomic mass is 35.5. The van der Waals surface area contributed by atoms with E-state index in [2.05, 4.69) is 10.2 Å². The highest BCUT2D eigenvalue weighted by Gasteiger charge is 2.20. The summed E-state index contributed by atoms with van der Waals surface area (Å²) >= 11 is 6.09. The molecule has 0 aliphatic heterocycles. The largest absolute Gasteiger partial charge is 0.387 e. The van der Waals surface area contributed by atoms with Crippen molar-refractivity contribution in [3.05, 3.63) is 58.5 Å². The van der Waals surface area contributed by atoms with Crippen LogP contribution in [0.1, 0.15) is 47.7 Å². The molecule has 1 aromatic carbocycles. The molecule has 3 aromatic rings. The number of nitrogens with zero attached hydrogens (tertiary/aromatic N) is 5. The summed E-state index contributed by atoms with van der Waals surface area (Å²) < 4.78 is 3.23. The second-order valence-corrected chi connectivity index (χ2v) is 6.92. The monoisotopic (exact) mass is 398 g/mol. The van der Waals surface area contributed by atoms with Crippen molar-refractivity contribution in [1.82, 2.24) is 19.6 Å². The summed E-state index contributed by atoms with van der Waals surface area (Å²) in [6.07, 6.45) is 1.00. The molecular formula is C19H19ClN6O2. The van der Waals surface area contributed by atoms with Gasteiger partial charge >= 0.3 is 0 Å². The predicted octanol–water partition coefficient (Wildman–Crippen LogP) is 2.69. The van der Waals surface area contributed by atoms with E-state index in [0.29, 0.717) is 28.5 Å². The lowest BCUT2D eigenvalue weighted by Crippen LogP contribution is -2.22. The first-order valence-corrected chi connectivity index (χ1v) is 8.98. The molecule has 2 heterocycles. The molecule has 0 aliphatic rings. The Morgan fingerprint density at radius 2 is 2.07 bits per heavy atom. The molecule has 0 radical (unpaired) electrons. The number of aliphatic hydroxyl groups is 1. The lowest BCUT2D eigenvalue weighted by Gasteiger charge is -2.14. The van der Waals surface area contributed by atoms with Crippen molar-refractivity contribution < 1.29 is 9.90 Å². The lowest BCUT2D eigenvalue weighted by atomic mass is 10.1. The first-order chi connectivity index (χ1) is 13.3. The van der Waals surface area contributed by atoms with E-state index in [1.54, 1.807) is 36.0 Å². The average molecular weight is 399 g/mol. The Balaban J connectivity index is 1.83. The number of amides is 1. The maximum Gasteiger partial charge on any atom is 0.267 e. The van der Waals surface area contributed by atoms with Crippen molar-refractivity contribution in [2.45, 2.75) is 32.5 Å². The Bertz CT molecular complexity index is 1060. The molecule has 9 heteroatoms. The van der Waals surface area contributed by atoms with Crippen LogP contribution in [0.2, 0.25) is 5.02 Å². The van der Waals surface area contributed by atoms with Crippen LogP contribution in [-0.2, 0) is 6.54 Å². The number of nitriles is 1. The van der Waals surface area contributed by atoms with Gasteiger partial charge in [0.05, 0.1) is 40.7 Å². The van der Waals surface area contributed by atoms with Gasteiger partial charge in [-0.05, 0) is 38.1 Å². The molecule has 1 unspecified atom stereocenters. The Labute approximate surface area is 166 Å². The number of carbonyl (C=O) groups is 1. The van der Waals surface area contributed by atoms with Crippen LogP contribution in [0.25, 0.3) is 11.3 Å². The minimum Gasteiger partial charge on any atom is -0.387 e. The number of rotatable bonds is 6. The number of carbonyl (C=O) groups excluding carboxylic acids is 1. The summed E-state index contributed by atoms with van der Waals surface area (Å²) in [5.74, 6) is -0.611. The van der Waals surface area contributed by atoms with Crippen molar-refractivity contribution in [3.8, 4) is 17.3 Å². The van der Waals surface area contributed by atoms with Crippen LogP contribution < -0.4 is 5.73 Å². The van der Waals surface area contributed by atoms with Gasteiger partial charge in [-0.3, -0.25) is 14.2 Å². The van der Waals surface area contributed by atoms with Gasteiger partial charge in [-0.2, -0.15) is 15.5 Å². The van der Waals surface area contributed by atoms with Crippen LogP contribution in [0.3, 0.4) is 0 Å². The molecule has 3 N–H and O–H groups in total. The molecule has 2 aromatic heterocycles. The van der Waals surface area contributed by atoms with E-state index >= 15 is 0 Å². The van der Waals surface area contributed by atoms with E-state index < -0.39 is 12.0 Å². The standard InChI is InChI=1S/C19H19ClN6O2/c1-11(26-18(19(22)28)8-17(24-26)12(2)27)10-25-6-5-16(23-25)13-3-4-14(9-21)15(20)7-13/h3-8,11-12,27H,10H2,1-2H3,(H2,22,28)/t11?,12-/m0/s1. The van der Waals surface area contributed by atoms with Gasteiger partial charge in [-0.25, -0.2) is 0 Å². The Morgan fingerprint density at radius 3 is 2.68 bits per heavy atom. The molecule has 28 heavy (non-hydrogen) atoms. The van der Waals surface area contributed by atoms with E-state index in [1.165, 1.54) is 10.7 Å². The molecule has 0 bridgehead atoms. The normalized spacial score (nSPS) is 13.1. The Kier molecular flexibility index (Phi) is 5.49. The summed E-state index contributed by atoms with van der Waals surface area (Å²) in [5, 5.41) is 27.9. The number of aliphatic hydroxyl groups excluding tert-OH is 1. The fourth-order valence-corrected chi connectivity index (χ4v) is 3.09. The molecule has 0 saturated carbocycles. The van der Waals surface area contributed by atoms with E-state index in [-0.39, 0.29) is 11.7 Å². The van der Waals surface area contributed by atoms with Gasteiger partial charge in [0.25, 0.3) is 5.91 Å². The number of hydrogen-bond donors (Lipinski definition) is 2. The molecule has 0 saturated heterocycles. The fourth-order valence-electron chi connectivity index (χ4n) is 2.87. The third kappa shape index (κ3) is 3.91. The molecule has 0 fully saturated rings. The summed E-state index contributed by atoms with van der Waals surface area (Å²) in [5.41, 5.74) is 7.96. The summed E-state index contributed by atoms with van der Waals surface area (Å²) in [4.78, 5) is 11.7. The number of benzene rings is 1. The highest BCUT2D eigenvalue weighted by molar-refractivity contribution is 6.32. The smallest absolute Gasteiger partial charge is 0.267 e. The number of halogens is 1. The zero-order valence-corrected chi connectivity index (χ0v) is 16.1. The van der Waals surface area contributed by atoms with E-state index in [0.717, 1.165) is 5.56 Å².